The molecule has 0 aromatic heterocycles. The van der Waals surface area contributed by atoms with Gasteiger partial charge in [0.25, 0.3) is 0 Å². The van der Waals surface area contributed by atoms with E-state index in [-0.39, 0.29) is 0 Å². The highest BCUT2D eigenvalue weighted by Crippen LogP contribution is 2.29. The fraction of sp³-hybridized carbons (Fsp3) is 0.333. The van der Waals surface area contributed by atoms with E-state index in [1.165, 1.54) is 31.7 Å². The highest BCUT2D eigenvalue weighted by Gasteiger charge is 2.17. The third-order valence-corrected chi connectivity index (χ3v) is 4.97. The Hall–Kier alpha value is -2.40. The molecule has 1 aliphatic rings. The Morgan fingerprint density at radius 1 is 0.923 bits per heavy atom. The molecule has 0 saturated heterocycles. The average molecular weight is 350 g/mol. The van der Waals surface area contributed by atoms with Crippen LogP contribution in [0.5, 0.6) is 0 Å². The molecule has 1 aliphatic carbocycles. The zero-order chi connectivity index (χ0) is 18.4. The van der Waals surface area contributed by atoms with E-state index >= 15 is 0 Å². The van der Waals surface area contributed by atoms with Crippen LogP contribution in [-0.2, 0) is 0 Å². The molecule has 2 aromatic rings. The molecule has 0 amide bonds. The van der Waals surface area contributed by atoms with Crippen LogP contribution >= 0.6 is 0 Å². The summed E-state index contributed by atoms with van der Waals surface area (Å²) in [5, 5.41) is 0. The van der Waals surface area contributed by atoms with Crippen LogP contribution in [-0.4, -0.2) is 0 Å². The summed E-state index contributed by atoms with van der Waals surface area (Å²) in [7, 11) is 0. The Morgan fingerprint density at radius 2 is 1.62 bits per heavy atom. The summed E-state index contributed by atoms with van der Waals surface area (Å²) in [5.41, 5.74) is 2.49. The van der Waals surface area contributed by atoms with Crippen LogP contribution < -0.4 is 0 Å². The molecule has 0 unspecified atom stereocenters. The highest BCUT2D eigenvalue weighted by atomic mass is 19.2. The Labute approximate surface area is 155 Å². The van der Waals surface area contributed by atoms with Crippen molar-refractivity contribution in [3.05, 3.63) is 71.8 Å². The lowest BCUT2D eigenvalue weighted by atomic mass is 9.82. The van der Waals surface area contributed by atoms with Gasteiger partial charge in [-0.1, -0.05) is 49.1 Å². The highest BCUT2D eigenvalue weighted by molar-refractivity contribution is 5.64. The van der Waals surface area contributed by atoms with E-state index in [0.29, 0.717) is 11.5 Å². The number of benzene rings is 2. The largest absolute Gasteiger partial charge is 0.204 e. The zero-order valence-corrected chi connectivity index (χ0v) is 15.1. The van der Waals surface area contributed by atoms with Gasteiger partial charge >= 0.3 is 0 Å². The van der Waals surface area contributed by atoms with Crippen molar-refractivity contribution in [1.82, 2.24) is 0 Å². The van der Waals surface area contributed by atoms with E-state index in [0.717, 1.165) is 29.5 Å². The van der Waals surface area contributed by atoms with Crippen LogP contribution in [0.3, 0.4) is 0 Å². The third-order valence-electron chi connectivity index (χ3n) is 4.97. The first kappa shape index (κ1) is 18.4. The van der Waals surface area contributed by atoms with Gasteiger partial charge in [0.15, 0.2) is 11.6 Å². The molecule has 0 heterocycles. The summed E-state index contributed by atoms with van der Waals surface area (Å²) < 4.78 is 26.4. The summed E-state index contributed by atoms with van der Waals surface area (Å²) in [5.74, 6) is 6.23. The maximum atomic E-state index is 13.4. The molecule has 26 heavy (non-hydrogen) atoms. The molecule has 1 saturated carbocycles. The summed E-state index contributed by atoms with van der Waals surface area (Å²) in [4.78, 5) is 0. The van der Waals surface area contributed by atoms with Gasteiger partial charge in [-0.05, 0) is 73.4 Å². The van der Waals surface area contributed by atoms with Crippen LogP contribution in [0.25, 0.3) is 11.1 Å². The molecule has 0 bridgehead atoms. The Balaban J connectivity index is 1.61. The number of halogens is 2. The van der Waals surface area contributed by atoms with E-state index in [2.05, 4.69) is 30.9 Å². The van der Waals surface area contributed by atoms with Gasteiger partial charge in [-0.3, -0.25) is 0 Å². The van der Waals surface area contributed by atoms with Gasteiger partial charge in [-0.15, -0.1) is 0 Å². The molecule has 0 radical (unpaired) electrons. The molecule has 134 valence electrons. The van der Waals surface area contributed by atoms with E-state index in [4.69, 9.17) is 0 Å². The average Bonchev–Trinajstić information content (AvgIpc) is 2.68. The fourth-order valence-corrected chi connectivity index (χ4v) is 3.39. The first-order chi connectivity index (χ1) is 12.7. The second-order valence-electron chi connectivity index (χ2n) is 6.92. The summed E-state index contributed by atoms with van der Waals surface area (Å²) in [6.45, 7) is 2.17. The first-order valence-electron chi connectivity index (χ1n) is 9.39. The normalized spacial score (nSPS) is 20.0. The monoisotopic (exact) mass is 350 g/mol. The van der Waals surface area contributed by atoms with Crippen molar-refractivity contribution in [3.63, 3.8) is 0 Å². The summed E-state index contributed by atoms with van der Waals surface area (Å²) >= 11 is 0. The van der Waals surface area contributed by atoms with Crippen molar-refractivity contribution in [2.45, 2.75) is 39.0 Å². The molecule has 2 heteroatoms. The van der Waals surface area contributed by atoms with Gasteiger partial charge in [0.1, 0.15) is 0 Å². The maximum Gasteiger partial charge on any atom is 0.159 e. The van der Waals surface area contributed by atoms with Crippen LogP contribution in [0.4, 0.5) is 8.78 Å². The zero-order valence-electron chi connectivity index (χ0n) is 15.1. The molecule has 0 spiro atoms. The fourth-order valence-electron chi connectivity index (χ4n) is 3.39. The van der Waals surface area contributed by atoms with Gasteiger partial charge in [-0.25, -0.2) is 8.78 Å². The second kappa shape index (κ2) is 8.81. The van der Waals surface area contributed by atoms with Crippen molar-refractivity contribution in [1.29, 1.82) is 0 Å². The van der Waals surface area contributed by atoms with Gasteiger partial charge in [0.05, 0.1) is 0 Å². The van der Waals surface area contributed by atoms with Crippen LogP contribution in [0.1, 0.15) is 44.6 Å². The molecular weight excluding hydrogens is 326 g/mol. The van der Waals surface area contributed by atoms with E-state index in [1.807, 2.05) is 24.3 Å². The summed E-state index contributed by atoms with van der Waals surface area (Å²) in [6, 6.07) is 11.7. The van der Waals surface area contributed by atoms with Crippen molar-refractivity contribution in [3.8, 4) is 23.0 Å². The van der Waals surface area contributed by atoms with Crippen molar-refractivity contribution >= 4 is 0 Å². The smallest absolute Gasteiger partial charge is 0.159 e. The van der Waals surface area contributed by atoms with Gasteiger partial charge in [0, 0.05) is 11.5 Å². The summed E-state index contributed by atoms with van der Waals surface area (Å²) in [6.07, 6.45) is 10.5. The molecule has 0 nitrogen and oxygen atoms in total. The van der Waals surface area contributed by atoms with Crippen LogP contribution in [0, 0.1) is 35.3 Å². The minimum Gasteiger partial charge on any atom is -0.204 e. The van der Waals surface area contributed by atoms with E-state index in [1.54, 1.807) is 6.07 Å². The van der Waals surface area contributed by atoms with Crippen LogP contribution in [0.15, 0.2) is 54.6 Å². The molecule has 1 fully saturated rings. The Morgan fingerprint density at radius 3 is 2.27 bits per heavy atom. The predicted octanol–water partition coefficient (Wildman–Crippen LogP) is 6.76. The molecule has 0 aliphatic heterocycles. The SMILES string of the molecule is CC/C=C/C1CCC(C#Cc2ccc(-c3ccc(F)c(F)c3)cc2)CC1. The first-order valence-corrected chi connectivity index (χ1v) is 9.39. The number of hydrogen-bond acceptors (Lipinski definition) is 0. The lowest BCUT2D eigenvalue weighted by Crippen LogP contribution is -2.11. The van der Waals surface area contributed by atoms with Crippen LogP contribution in [0.2, 0.25) is 0 Å². The molecule has 2 aromatic carbocycles. The second-order valence-corrected chi connectivity index (χ2v) is 6.92. The number of hydrogen-bond donors (Lipinski definition) is 0. The minimum atomic E-state index is -0.823. The molecular formula is C24H24F2. The molecule has 0 N–H and O–H groups in total. The van der Waals surface area contributed by atoms with Crippen molar-refractivity contribution < 1.29 is 8.78 Å². The quantitative estimate of drug-likeness (QED) is 0.424. The maximum absolute atomic E-state index is 13.4. The third kappa shape index (κ3) is 4.82. The number of rotatable bonds is 3. The lowest BCUT2D eigenvalue weighted by Gasteiger charge is -2.23. The topological polar surface area (TPSA) is 0 Å². The minimum absolute atomic E-state index is 0.479. The molecule has 0 atom stereocenters. The van der Waals surface area contributed by atoms with Crippen molar-refractivity contribution in [2.24, 2.45) is 11.8 Å². The van der Waals surface area contributed by atoms with Crippen molar-refractivity contribution in [2.75, 3.05) is 0 Å². The van der Waals surface area contributed by atoms with E-state index in [9.17, 15) is 8.78 Å². The predicted molar refractivity (Wildman–Crippen MR) is 104 cm³/mol. The van der Waals surface area contributed by atoms with Gasteiger partial charge in [-0.2, -0.15) is 0 Å². The van der Waals surface area contributed by atoms with Gasteiger partial charge in [0.2, 0.25) is 0 Å². The number of allylic oxidation sites excluding steroid dienone is 2. The Bertz CT molecular complexity index is 814. The Kier molecular flexibility index (Phi) is 6.23. The molecule has 3 rings (SSSR count). The lowest BCUT2D eigenvalue weighted by molar-refractivity contribution is 0.364. The standard InChI is InChI=1S/C24H24F2/c1-2-3-4-18-5-7-19(8-6-18)9-10-20-11-13-21(14-12-20)22-15-16-23(25)24(26)17-22/h3-4,11-19H,2,5-8H2,1H3/b4-3+. The van der Waals surface area contributed by atoms with Gasteiger partial charge < -0.3 is 0 Å². The van der Waals surface area contributed by atoms with E-state index < -0.39 is 11.6 Å².